The lowest BCUT2D eigenvalue weighted by atomic mass is 10.2. The van der Waals surface area contributed by atoms with Gasteiger partial charge in [0.05, 0.1) is 37.9 Å². The number of hydrogen-bond acceptors (Lipinski definition) is 6. The number of morpholine rings is 1. The Morgan fingerprint density at radius 2 is 1.88 bits per heavy atom. The number of carbonyl (C=O) groups is 1. The van der Waals surface area contributed by atoms with Crippen molar-refractivity contribution in [2.45, 2.75) is 26.4 Å². The Balaban J connectivity index is 1.42. The minimum absolute atomic E-state index is 0.0725. The molecule has 0 saturated carbocycles. The molecule has 0 bridgehead atoms. The lowest BCUT2D eigenvalue weighted by Crippen LogP contribution is -2.36. The molecule has 0 spiro atoms. The van der Waals surface area contributed by atoms with Crippen LogP contribution in [0.4, 0.5) is 5.69 Å². The van der Waals surface area contributed by atoms with Crippen molar-refractivity contribution in [3.05, 3.63) is 48.3 Å². The third-order valence-corrected chi connectivity index (χ3v) is 5.46. The SMILES string of the molecule is CCCn1c(CN2CCOCC2)nc2cc(NC(=O)COc3ccc(OC)cc3)ccc21. The van der Waals surface area contributed by atoms with Crippen molar-refractivity contribution < 1.29 is 19.0 Å². The third-order valence-electron chi connectivity index (χ3n) is 5.46. The summed E-state index contributed by atoms with van der Waals surface area (Å²) in [5.41, 5.74) is 2.68. The third kappa shape index (κ3) is 5.38. The molecule has 0 atom stereocenters. The van der Waals surface area contributed by atoms with E-state index in [1.54, 1.807) is 31.4 Å². The summed E-state index contributed by atoms with van der Waals surface area (Å²) in [7, 11) is 1.61. The van der Waals surface area contributed by atoms with Gasteiger partial charge in [-0.25, -0.2) is 4.98 Å². The average molecular weight is 439 g/mol. The molecule has 0 unspecified atom stereocenters. The number of ether oxygens (including phenoxy) is 3. The first-order valence-corrected chi connectivity index (χ1v) is 11.0. The number of benzene rings is 2. The van der Waals surface area contributed by atoms with Crippen molar-refractivity contribution in [1.29, 1.82) is 0 Å². The fraction of sp³-hybridized carbons (Fsp3) is 0.417. The van der Waals surface area contributed by atoms with Gasteiger partial charge in [-0.05, 0) is 48.9 Å². The van der Waals surface area contributed by atoms with E-state index in [0.29, 0.717) is 11.4 Å². The second-order valence-electron chi connectivity index (χ2n) is 7.78. The molecule has 32 heavy (non-hydrogen) atoms. The zero-order valence-electron chi connectivity index (χ0n) is 18.7. The second kappa shape index (κ2) is 10.5. The van der Waals surface area contributed by atoms with Gasteiger partial charge >= 0.3 is 0 Å². The van der Waals surface area contributed by atoms with Gasteiger partial charge < -0.3 is 24.1 Å². The summed E-state index contributed by atoms with van der Waals surface area (Å²) in [6.07, 6.45) is 1.03. The molecule has 8 heteroatoms. The molecule has 1 aromatic heterocycles. The number of nitrogens with one attached hydrogen (secondary N) is 1. The molecule has 2 aromatic carbocycles. The highest BCUT2D eigenvalue weighted by atomic mass is 16.5. The van der Waals surface area contributed by atoms with Crippen LogP contribution in [0, 0.1) is 0 Å². The highest BCUT2D eigenvalue weighted by molar-refractivity contribution is 5.94. The van der Waals surface area contributed by atoms with E-state index in [0.717, 1.165) is 68.4 Å². The van der Waals surface area contributed by atoms with Crippen LogP contribution < -0.4 is 14.8 Å². The maximum Gasteiger partial charge on any atom is 0.262 e. The maximum atomic E-state index is 12.4. The fourth-order valence-corrected chi connectivity index (χ4v) is 3.83. The number of rotatable bonds is 9. The van der Waals surface area contributed by atoms with E-state index in [9.17, 15) is 4.79 Å². The Bertz CT molecular complexity index is 1040. The lowest BCUT2D eigenvalue weighted by Gasteiger charge is -2.26. The molecular weight excluding hydrogens is 408 g/mol. The number of fused-ring (bicyclic) bond motifs is 1. The number of anilines is 1. The van der Waals surface area contributed by atoms with Crippen LogP contribution in [-0.2, 0) is 22.6 Å². The smallest absolute Gasteiger partial charge is 0.262 e. The molecule has 2 heterocycles. The molecule has 1 saturated heterocycles. The van der Waals surface area contributed by atoms with E-state index in [4.69, 9.17) is 19.2 Å². The van der Waals surface area contributed by atoms with Gasteiger partial charge in [0.2, 0.25) is 0 Å². The normalized spacial score (nSPS) is 14.4. The largest absolute Gasteiger partial charge is 0.497 e. The van der Waals surface area contributed by atoms with Crippen molar-refractivity contribution in [1.82, 2.24) is 14.5 Å². The van der Waals surface area contributed by atoms with E-state index < -0.39 is 0 Å². The maximum absolute atomic E-state index is 12.4. The van der Waals surface area contributed by atoms with Gasteiger partial charge in [-0.2, -0.15) is 0 Å². The van der Waals surface area contributed by atoms with Crippen molar-refractivity contribution in [3.63, 3.8) is 0 Å². The number of aromatic nitrogens is 2. The summed E-state index contributed by atoms with van der Waals surface area (Å²) in [6.45, 7) is 7.19. The zero-order chi connectivity index (χ0) is 22.3. The molecule has 4 rings (SSSR count). The van der Waals surface area contributed by atoms with Crippen LogP contribution in [0.3, 0.4) is 0 Å². The molecule has 1 aliphatic heterocycles. The summed E-state index contributed by atoms with van der Waals surface area (Å²) >= 11 is 0. The number of imidazole rings is 1. The number of nitrogens with zero attached hydrogens (tertiary/aromatic N) is 3. The topological polar surface area (TPSA) is 77.9 Å². The summed E-state index contributed by atoms with van der Waals surface area (Å²) in [5, 5.41) is 2.90. The highest BCUT2D eigenvalue weighted by Crippen LogP contribution is 2.23. The molecule has 1 amide bonds. The van der Waals surface area contributed by atoms with Crippen molar-refractivity contribution in [2.75, 3.05) is 45.3 Å². The Labute approximate surface area is 188 Å². The van der Waals surface area contributed by atoms with Gasteiger partial charge in [0, 0.05) is 25.3 Å². The predicted molar refractivity (Wildman–Crippen MR) is 123 cm³/mol. The molecule has 1 aliphatic rings. The lowest BCUT2D eigenvalue weighted by molar-refractivity contribution is -0.118. The Morgan fingerprint density at radius 1 is 1.12 bits per heavy atom. The van der Waals surface area contributed by atoms with Gasteiger partial charge in [0.15, 0.2) is 6.61 Å². The van der Waals surface area contributed by atoms with Gasteiger partial charge in [-0.15, -0.1) is 0 Å². The first-order valence-electron chi connectivity index (χ1n) is 11.0. The molecule has 170 valence electrons. The molecule has 3 aromatic rings. The van der Waals surface area contributed by atoms with Crippen molar-refractivity contribution in [2.24, 2.45) is 0 Å². The average Bonchev–Trinajstić information content (AvgIpc) is 3.15. The van der Waals surface area contributed by atoms with E-state index in [-0.39, 0.29) is 12.5 Å². The molecule has 1 N–H and O–H groups in total. The van der Waals surface area contributed by atoms with E-state index in [1.807, 2.05) is 18.2 Å². The quantitative estimate of drug-likeness (QED) is 0.552. The molecular formula is C24H30N4O4. The standard InChI is InChI=1S/C24H30N4O4/c1-3-10-28-22-9-4-18(15-21(22)26-23(28)16-27-11-13-31-14-12-27)25-24(29)17-32-20-7-5-19(30-2)6-8-20/h4-9,15H,3,10-14,16-17H2,1-2H3,(H,25,29). The van der Waals surface area contributed by atoms with Crippen LogP contribution in [-0.4, -0.2) is 60.4 Å². The molecule has 0 aliphatic carbocycles. The van der Waals surface area contributed by atoms with Gasteiger partial charge in [-0.3, -0.25) is 9.69 Å². The minimum Gasteiger partial charge on any atom is -0.497 e. The van der Waals surface area contributed by atoms with Gasteiger partial charge in [0.1, 0.15) is 17.3 Å². The van der Waals surface area contributed by atoms with Crippen molar-refractivity contribution in [3.8, 4) is 11.5 Å². The Morgan fingerprint density at radius 3 is 2.59 bits per heavy atom. The zero-order valence-corrected chi connectivity index (χ0v) is 18.7. The van der Waals surface area contributed by atoms with E-state index in [1.165, 1.54) is 0 Å². The number of methoxy groups -OCH3 is 1. The van der Waals surface area contributed by atoms with Gasteiger partial charge in [0.25, 0.3) is 5.91 Å². The van der Waals surface area contributed by atoms with Crippen LogP contribution in [0.5, 0.6) is 11.5 Å². The van der Waals surface area contributed by atoms with E-state index >= 15 is 0 Å². The van der Waals surface area contributed by atoms with E-state index in [2.05, 4.69) is 21.7 Å². The first kappa shape index (κ1) is 22.1. The number of hydrogen-bond donors (Lipinski definition) is 1. The highest BCUT2D eigenvalue weighted by Gasteiger charge is 2.17. The second-order valence-corrected chi connectivity index (χ2v) is 7.78. The summed E-state index contributed by atoms with van der Waals surface area (Å²) in [5.74, 6) is 2.19. The number of carbonyl (C=O) groups excluding carboxylic acids is 1. The minimum atomic E-state index is -0.221. The van der Waals surface area contributed by atoms with Crippen LogP contribution >= 0.6 is 0 Å². The van der Waals surface area contributed by atoms with Crippen LogP contribution in [0.2, 0.25) is 0 Å². The van der Waals surface area contributed by atoms with Crippen molar-refractivity contribution >= 4 is 22.6 Å². The Kier molecular flexibility index (Phi) is 7.24. The fourth-order valence-electron chi connectivity index (χ4n) is 3.83. The summed E-state index contributed by atoms with van der Waals surface area (Å²) in [6, 6.07) is 13.0. The van der Waals surface area contributed by atoms with Gasteiger partial charge in [-0.1, -0.05) is 6.92 Å². The monoisotopic (exact) mass is 438 g/mol. The van der Waals surface area contributed by atoms with Crippen LogP contribution in [0.25, 0.3) is 11.0 Å². The number of aryl methyl sites for hydroxylation is 1. The Hall–Kier alpha value is -3.10. The first-order chi connectivity index (χ1) is 15.7. The number of amides is 1. The van der Waals surface area contributed by atoms with Crippen LogP contribution in [0.1, 0.15) is 19.2 Å². The van der Waals surface area contributed by atoms with Crippen LogP contribution in [0.15, 0.2) is 42.5 Å². The predicted octanol–water partition coefficient (Wildman–Crippen LogP) is 3.30. The molecule has 1 fully saturated rings. The molecule has 8 nitrogen and oxygen atoms in total. The summed E-state index contributed by atoms with van der Waals surface area (Å²) in [4.78, 5) is 19.6. The molecule has 0 radical (unpaired) electrons. The summed E-state index contributed by atoms with van der Waals surface area (Å²) < 4.78 is 18.4.